The first-order valence-corrected chi connectivity index (χ1v) is 8.12. The van der Waals surface area contributed by atoms with Crippen LogP contribution in [0.4, 0.5) is 0 Å². The maximum Gasteiger partial charge on any atom is 0.325 e. The van der Waals surface area contributed by atoms with Gasteiger partial charge in [0.1, 0.15) is 17.2 Å². The Morgan fingerprint density at radius 1 is 1.36 bits per heavy atom. The van der Waals surface area contributed by atoms with Gasteiger partial charge in [-0.1, -0.05) is 18.2 Å². The van der Waals surface area contributed by atoms with Crippen LogP contribution in [-0.2, 0) is 14.3 Å². The summed E-state index contributed by atoms with van der Waals surface area (Å²) in [6, 6.07) is 6.24. The van der Waals surface area contributed by atoms with Crippen molar-refractivity contribution in [2.24, 2.45) is 11.7 Å². The fourth-order valence-corrected chi connectivity index (χ4v) is 3.08. The van der Waals surface area contributed by atoms with Crippen LogP contribution >= 0.6 is 0 Å². The second-order valence-corrected chi connectivity index (χ2v) is 7.26. The number of nitrogens with two attached hydrogens (primary N) is 1. The Balaban J connectivity index is 1.82. The molecule has 1 aromatic heterocycles. The molecule has 7 heteroatoms. The number of carboxylic acids is 1. The maximum atomic E-state index is 12.2. The lowest BCUT2D eigenvalue weighted by Crippen LogP contribution is -2.66. The summed E-state index contributed by atoms with van der Waals surface area (Å²) in [5, 5.41) is 10.4. The highest BCUT2D eigenvalue weighted by atomic mass is 16.6. The number of ether oxygens (including phenoxy) is 1. The number of aliphatic carboxylic acids is 1. The zero-order valence-corrected chi connectivity index (χ0v) is 14.4. The van der Waals surface area contributed by atoms with Crippen molar-refractivity contribution in [3.63, 3.8) is 0 Å². The lowest BCUT2D eigenvalue weighted by Gasteiger charge is -2.47. The van der Waals surface area contributed by atoms with Crippen LogP contribution in [0.25, 0.3) is 11.0 Å². The summed E-state index contributed by atoms with van der Waals surface area (Å²) in [5.74, 6) is -1.98. The molecular formula is C18H22N2O5. The summed E-state index contributed by atoms with van der Waals surface area (Å²) in [4.78, 5) is 25.6. The van der Waals surface area contributed by atoms with Gasteiger partial charge >= 0.3 is 11.9 Å². The number of carboxylic acid groups (broad SMARTS) is 1. The molecule has 0 radical (unpaired) electrons. The van der Waals surface area contributed by atoms with Gasteiger partial charge in [0.2, 0.25) is 0 Å². The van der Waals surface area contributed by atoms with Crippen molar-refractivity contribution < 1.29 is 23.8 Å². The zero-order chi connectivity index (χ0) is 18.4. The molecule has 7 nitrogen and oxygen atoms in total. The number of esters is 1. The molecule has 1 aliphatic heterocycles. The number of fused-ring (bicyclic) bond motifs is 1. The molecule has 0 spiro atoms. The summed E-state index contributed by atoms with van der Waals surface area (Å²) in [7, 11) is 0. The molecule has 0 saturated carbocycles. The predicted octanol–water partition coefficient (Wildman–Crippen LogP) is 2.12. The highest BCUT2D eigenvalue weighted by molar-refractivity contribution is 5.88. The second kappa shape index (κ2) is 6.16. The maximum absolute atomic E-state index is 12.2. The molecule has 134 valence electrons. The van der Waals surface area contributed by atoms with Crippen molar-refractivity contribution in [3.8, 4) is 0 Å². The van der Waals surface area contributed by atoms with Crippen LogP contribution < -0.4 is 5.73 Å². The summed E-state index contributed by atoms with van der Waals surface area (Å²) < 4.78 is 10.8. The van der Waals surface area contributed by atoms with Crippen LogP contribution in [0.15, 0.2) is 34.9 Å². The van der Waals surface area contributed by atoms with Gasteiger partial charge in [-0.3, -0.25) is 14.5 Å². The number of hydrogen-bond acceptors (Lipinski definition) is 6. The molecule has 3 atom stereocenters. The third-order valence-corrected chi connectivity index (χ3v) is 4.28. The molecular weight excluding hydrogens is 324 g/mol. The second-order valence-electron chi connectivity index (χ2n) is 7.26. The Hall–Kier alpha value is -2.38. The first-order valence-electron chi connectivity index (χ1n) is 8.12. The van der Waals surface area contributed by atoms with Gasteiger partial charge in [-0.2, -0.15) is 0 Å². The van der Waals surface area contributed by atoms with Crippen LogP contribution in [0.5, 0.6) is 0 Å². The number of para-hydroxylation sites is 1. The van der Waals surface area contributed by atoms with E-state index in [1.54, 1.807) is 37.8 Å². The number of furan rings is 1. The van der Waals surface area contributed by atoms with Gasteiger partial charge in [0, 0.05) is 17.5 Å². The number of carbonyl (C=O) groups excluding carboxylic acids is 1. The molecule has 1 saturated heterocycles. The van der Waals surface area contributed by atoms with Crippen LogP contribution in [0, 0.1) is 5.92 Å². The number of likely N-dealkylation sites (tertiary alicyclic amines) is 1. The van der Waals surface area contributed by atoms with Crippen LogP contribution in [0.2, 0.25) is 0 Å². The van der Waals surface area contributed by atoms with Crippen LogP contribution in [0.3, 0.4) is 0 Å². The molecule has 25 heavy (non-hydrogen) atoms. The highest BCUT2D eigenvalue weighted by Crippen LogP contribution is 2.37. The van der Waals surface area contributed by atoms with E-state index in [1.807, 2.05) is 12.1 Å². The van der Waals surface area contributed by atoms with Crippen molar-refractivity contribution in [1.82, 2.24) is 4.90 Å². The van der Waals surface area contributed by atoms with E-state index in [0.717, 1.165) is 5.39 Å². The normalized spacial score (nSPS) is 22.4. The molecule has 1 aromatic carbocycles. The summed E-state index contributed by atoms with van der Waals surface area (Å²) in [6.07, 6.45) is 0.723. The number of carbonyl (C=O) groups is 2. The molecule has 1 aliphatic rings. The minimum absolute atomic E-state index is 0.229. The van der Waals surface area contributed by atoms with Crippen LogP contribution in [-0.4, -0.2) is 40.3 Å². The number of nitrogens with zero attached hydrogens (tertiary/aromatic N) is 1. The number of rotatable bonds is 4. The van der Waals surface area contributed by atoms with E-state index < -0.39 is 35.7 Å². The first kappa shape index (κ1) is 17.4. The SMILES string of the molecule is CC(C)(C)OC(=O)[C@@H]1CN([C@@H](C(=O)O)c2coc3ccccc23)[C@@H]1N. The van der Waals surface area contributed by atoms with E-state index in [2.05, 4.69) is 0 Å². The predicted molar refractivity (Wildman–Crippen MR) is 90.6 cm³/mol. The van der Waals surface area contributed by atoms with E-state index in [0.29, 0.717) is 11.1 Å². The monoisotopic (exact) mass is 346 g/mol. The fraction of sp³-hybridized carbons (Fsp3) is 0.444. The molecule has 0 aliphatic carbocycles. The molecule has 2 heterocycles. The van der Waals surface area contributed by atoms with E-state index in [-0.39, 0.29) is 6.54 Å². The molecule has 0 bridgehead atoms. The molecule has 0 unspecified atom stereocenters. The molecule has 0 amide bonds. The van der Waals surface area contributed by atoms with Crippen LogP contribution in [0.1, 0.15) is 32.4 Å². The van der Waals surface area contributed by atoms with E-state index >= 15 is 0 Å². The Morgan fingerprint density at radius 3 is 2.64 bits per heavy atom. The smallest absolute Gasteiger partial charge is 0.325 e. The van der Waals surface area contributed by atoms with Gasteiger partial charge in [0.05, 0.1) is 18.3 Å². The first-order chi connectivity index (χ1) is 11.7. The number of hydrogen-bond donors (Lipinski definition) is 2. The minimum Gasteiger partial charge on any atom is -0.480 e. The zero-order valence-electron chi connectivity index (χ0n) is 14.4. The topological polar surface area (TPSA) is 106 Å². The molecule has 3 rings (SSSR count). The minimum atomic E-state index is -1.04. The average molecular weight is 346 g/mol. The average Bonchev–Trinajstić information content (AvgIpc) is 2.92. The largest absolute Gasteiger partial charge is 0.480 e. The Kier molecular flexibility index (Phi) is 4.30. The third kappa shape index (κ3) is 3.25. The van der Waals surface area contributed by atoms with Crippen molar-refractivity contribution in [2.45, 2.75) is 38.6 Å². The summed E-state index contributed by atoms with van der Waals surface area (Å²) in [5.41, 5.74) is 6.64. The lowest BCUT2D eigenvalue weighted by molar-refractivity contribution is -0.176. The van der Waals surface area contributed by atoms with Gasteiger partial charge in [-0.05, 0) is 26.8 Å². The quantitative estimate of drug-likeness (QED) is 0.817. The third-order valence-electron chi connectivity index (χ3n) is 4.28. The van der Waals surface area contributed by atoms with Gasteiger partial charge in [0.15, 0.2) is 0 Å². The molecule has 2 aromatic rings. The van der Waals surface area contributed by atoms with Gasteiger partial charge in [-0.25, -0.2) is 0 Å². The van der Waals surface area contributed by atoms with Crippen molar-refractivity contribution >= 4 is 22.9 Å². The van der Waals surface area contributed by atoms with Gasteiger partial charge in [0.25, 0.3) is 0 Å². The van der Waals surface area contributed by atoms with Crippen molar-refractivity contribution in [2.75, 3.05) is 6.54 Å². The fourth-order valence-electron chi connectivity index (χ4n) is 3.08. The van der Waals surface area contributed by atoms with E-state index in [1.165, 1.54) is 6.26 Å². The lowest BCUT2D eigenvalue weighted by atomic mass is 9.90. The van der Waals surface area contributed by atoms with E-state index in [9.17, 15) is 14.7 Å². The summed E-state index contributed by atoms with van der Waals surface area (Å²) >= 11 is 0. The Bertz CT molecular complexity index is 807. The van der Waals surface area contributed by atoms with Crippen molar-refractivity contribution in [1.29, 1.82) is 0 Å². The number of benzene rings is 1. The summed E-state index contributed by atoms with van der Waals surface area (Å²) in [6.45, 7) is 5.58. The Morgan fingerprint density at radius 2 is 2.04 bits per heavy atom. The van der Waals surface area contributed by atoms with Crippen molar-refractivity contribution in [3.05, 3.63) is 36.1 Å². The molecule has 1 fully saturated rings. The highest BCUT2D eigenvalue weighted by Gasteiger charge is 2.49. The molecule has 3 N–H and O–H groups in total. The van der Waals surface area contributed by atoms with E-state index in [4.69, 9.17) is 14.9 Å². The standard InChI is InChI=1S/C18H22N2O5/c1-18(2,3)25-17(23)11-8-20(15(11)19)14(16(21)22)12-9-24-13-7-5-4-6-10(12)13/h4-7,9,11,14-15H,8,19H2,1-3H3,(H,21,22)/t11-,14-,15+/m1/s1. The van der Waals surface area contributed by atoms with Gasteiger partial charge < -0.3 is 20.0 Å². The Labute approximate surface area is 145 Å². The van der Waals surface area contributed by atoms with Gasteiger partial charge in [-0.15, -0.1) is 0 Å².